The van der Waals surface area contributed by atoms with Crippen LogP contribution in [0.3, 0.4) is 0 Å². The van der Waals surface area contributed by atoms with E-state index < -0.39 is 11.5 Å². The van der Waals surface area contributed by atoms with Crippen molar-refractivity contribution >= 4 is 5.97 Å². The molecule has 1 aliphatic heterocycles. The number of nitrogens with zero attached hydrogens (tertiary/aromatic N) is 2. The predicted octanol–water partition coefficient (Wildman–Crippen LogP) is 1.39. The molecule has 0 aromatic carbocycles. The summed E-state index contributed by atoms with van der Waals surface area (Å²) in [7, 11) is 0. The molecule has 0 amide bonds. The van der Waals surface area contributed by atoms with Crippen molar-refractivity contribution in [3.63, 3.8) is 0 Å². The Kier molecular flexibility index (Phi) is 5.63. The van der Waals surface area contributed by atoms with Crippen molar-refractivity contribution < 1.29 is 9.90 Å². The Morgan fingerprint density at radius 1 is 1.33 bits per heavy atom. The number of piperazine rings is 1. The first-order valence-electron chi connectivity index (χ1n) is 8.43. The van der Waals surface area contributed by atoms with E-state index >= 15 is 0 Å². The molecule has 0 radical (unpaired) electrons. The van der Waals surface area contributed by atoms with Crippen molar-refractivity contribution in [1.82, 2.24) is 15.1 Å². The molecule has 1 heterocycles. The monoisotopic (exact) mass is 297 g/mol. The molecule has 2 unspecified atom stereocenters. The highest BCUT2D eigenvalue weighted by molar-refractivity contribution is 5.78. The Morgan fingerprint density at radius 3 is 2.43 bits per heavy atom. The van der Waals surface area contributed by atoms with Gasteiger partial charge in [-0.15, -0.1) is 0 Å². The Labute approximate surface area is 128 Å². The molecule has 2 atom stereocenters. The van der Waals surface area contributed by atoms with E-state index in [2.05, 4.69) is 29.0 Å². The van der Waals surface area contributed by atoms with Gasteiger partial charge in [0, 0.05) is 38.3 Å². The maximum atomic E-state index is 11.6. The van der Waals surface area contributed by atoms with Crippen LogP contribution in [-0.2, 0) is 4.79 Å². The Morgan fingerprint density at radius 2 is 1.95 bits per heavy atom. The van der Waals surface area contributed by atoms with Crippen LogP contribution in [0.15, 0.2) is 0 Å². The topological polar surface area (TPSA) is 55.8 Å². The second kappa shape index (κ2) is 7.07. The van der Waals surface area contributed by atoms with Crippen LogP contribution in [0.25, 0.3) is 0 Å². The third kappa shape index (κ3) is 4.41. The van der Waals surface area contributed by atoms with E-state index in [4.69, 9.17) is 0 Å². The van der Waals surface area contributed by atoms with Gasteiger partial charge in [-0.25, -0.2) is 0 Å². The molecule has 2 rings (SSSR count). The minimum atomic E-state index is -0.816. The van der Waals surface area contributed by atoms with Gasteiger partial charge in [-0.05, 0) is 46.1 Å². The van der Waals surface area contributed by atoms with Gasteiger partial charge in [-0.2, -0.15) is 0 Å². The second-order valence-corrected chi connectivity index (χ2v) is 6.92. The summed E-state index contributed by atoms with van der Waals surface area (Å²) >= 11 is 0. The second-order valence-electron chi connectivity index (χ2n) is 6.92. The normalized spacial score (nSPS) is 25.5. The molecule has 0 bridgehead atoms. The van der Waals surface area contributed by atoms with Crippen LogP contribution in [0.4, 0.5) is 0 Å². The Bertz CT molecular complexity index is 351. The van der Waals surface area contributed by atoms with E-state index in [0.29, 0.717) is 12.5 Å². The minimum Gasteiger partial charge on any atom is -0.480 e. The average Bonchev–Trinajstić information content (AvgIpc) is 3.29. The van der Waals surface area contributed by atoms with Crippen LogP contribution < -0.4 is 5.32 Å². The van der Waals surface area contributed by atoms with E-state index in [1.54, 1.807) is 0 Å². The van der Waals surface area contributed by atoms with E-state index in [-0.39, 0.29) is 0 Å². The predicted molar refractivity (Wildman–Crippen MR) is 84.6 cm³/mol. The van der Waals surface area contributed by atoms with Crippen molar-refractivity contribution in [3.8, 4) is 0 Å². The number of hydrogen-bond acceptors (Lipinski definition) is 4. The van der Waals surface area contributed by atoms with Gasteiger partial charge in [0.05, 0.1) is 0 Å². The molecular weight excluding hydrogens is 266 g/mol. The van der Waals surface area contributed by atoms with Crippen molar-refractivity contribution in [2.24, 2.45) is 0 Å². The number of carboxylic acid groups (broad SMARTS) is 1. The number of hydrogen-bond donors (Lipinski definition) is 2. The van der Waals surface area contributed by atoms with Gasteiger partial charge < -0.3 is 10.4 Å². The van der Waals surface area contributed by atoms with Gasteiger partial charge >= 0.3 is 5.97 Å². The molecule has 2 N–H and O–H groups in total. The molecule has 5 nitrogen and oxygen atoms in total. The molecule has 21 heavy (non-hydrogen) atoms. The van der Waals surface area contributed by atoms with E-state index in [1.807, 2.05) is 6.92 Å². The SMILES string of the molecule is CCCNC(C)(CC(C)N1CCN(C2CC2)CC1)C(=O)O. The number of aliphatic carboxylic acids is 1. The third-order valence-corrected chi connectivity index (χ3v) is 4.98. The lowest BCUT2D eigenvalue weighted by Gasteiger charge is -2.40. The average molecular weight is 297 g/mol. The van der Waals surface area contributed by atoms with E-state index in [9.17, 15) is 9.90 Å². The van der Waals surface area contributed by atoms with E-state index in [1.165, 1.54) is 12.8 Å². The van der Waals surface area contributed by atoms with Gasteiger partial charge in [0.25, 0.3) is 0 Å². The molecule has 0 aromatic heterocycles. The first-order chi connectivity index (χ1) is 9.96. The van der Waals surface area contributed by atoms with Crippen molar-refractivity contribution in [1.29, 1.82) is 0 Å². The highest BCUT2D eigenvalue weighted by Crippen LogP contribution is 2.28. The zero-order chi connectivity index (χ0) is 15.5. The Hall–Kier alpha value is -0.650. The molecule has 122 valence electrons. The summed E-state index contributed by atoms with van der Waals surface area (Å²) < 4.78 is 0. The summed E-state index contributed by atoms with van der Waals surface area (Å²) in [5, 5.41) is 12.8. The molecule has 0 spiro atoms. The van der Waals surface area contributed by atoms with Gasteiger partial charge in [0.2, 0.25) is 0 Å². The first kappa shape index (κ1) is 16.7. The molecule has 1 saturated heterocycles. The smallest absolute Gasteiger partial charge is 0.323 e. The summed E-state index contributed by atoms with van der Waals surface area (Å²) in [5.41, 5.74) is -0.816. The molecule has 1 aliphatic carbocycles. The van der Waals surface area contributed by atoms with Gasteiger partial charge in [-0.3, -0.25) is 14.6 Å². The minimum absolute atomic E-state index is 0.303. The van der Waals surface area contributed by atoms with Crippen molar-refractivity contribution in [2.45, 2.75) is 64.1 Å². The van der Waals surface area contributed by atoms with Crippen molar-refractivity contribution in [2.75, 3.05) is 32.7 Å². The van der Waals surface area contributed by atoms with Gasteiger partial charge in [-0.1, -0.05) is 6.92 Å². The number of carboxylic acids is 1. The fraction of sp³-hybridized carbons (Fsp3) is 0.938. The van der Waals surface area contributed by atoms with Gasteiger partial charge in [0.15, 0.2) is 0 Å². The molecular formula is C16H31N3O2. The maximum Gasteiger partial charge on any atom is 0.323 e. The highest BCUT2D eigenvalue weighted by atomic mass is 16.4. The molecule has 2 aliphatic rings. The highest BCUT2D eigenvalue weighted by Gasteiger charge is 2.37. The number of rotatable bonds is 8. The molecule has 5 heteroatoms. The molecule has 2 fully saturated rings. The summed E-state index contributed by atoms with van der Waals surface area (Å²) in [5.74, 6) is -0.737. The third-order valence-electron chi connectivity index (χ3n) is 4.98. The number of nitrogens with one attached hydrogen (secondary N) is 1. The van der Waals surface area contributed by atoms with E-state index in [0.717, 1.165) is 45.2 Å². The summed E-state index contributed by atoms with van der Waals surface area (Å²) in [6.45, 7) is 11.2. The Balaban J connectivity index is 1.83. The van der Waals surface area contributed by atoms with Crippen LogP contribution in [-0.4, -0.2) is 71.2 Å². The largest absolute Gasteiger partial charge is 0.480 e. The standard InChI is InChI=1S/C16H31N3O2/c1-4-7-17-16(3,15(20)21)12-13(2)18-8-10-19(11-9-18)14-5-6-14/h13-14,17H,4-12H2,1-3H3,(H,20,21). The zero-order valence-corrected chi connectivity index (χ0v) is 13.8. The first-order valence-corrected chi connectivity index (χ1v) is 8.43. The van der Waals surface area contributed by atoms with Crippen molar-refractivity contribution in [3.05, 3.63) is 0 Å². The summed E-state index contributed by atoms with van der Waals surface area (Å²) in [4.78, 5) is 16.7. The quantitative estimate of drug-likeness (QED) is 0.709. The zero-order valence-electron chi connectivity index (χ0n) is 13.8. The lowest BCUT2D eigenvalue weighted by atomic mass is 9.92. The maximum absolute atomic E-state index is 11.6. The van der Waals surface area contributed by atoms with Crippen LogP contribution in [0.2, 0.25) is 0 Å². The molecule has 0 aromatic rings. The van der Waals surface area contributed by atoms with Crippen LogP contribution in [0.1, 0.15) is 46.5 Å². The van der Waals surface area contributed by atoms with Crippen LogP contribution in [0.5, 0.6) is 0 Å². The lowest BCUT2D eigenvalue weighted by Crippen LogP contribution is -2.56. The fourth-order valence-electron chi connectivity index (χ4n) is 3.34. The lowest BCUT2D eigenvalue weighted by molar-refractivity contribution is -0.145. The van der Waals surface area contributed by atoms with Crippen LogP contribution in [0, 0.1) is 0 Å². The summed E-state index contributed by atoms with van der Waals surface area (Å²) in [6.07, 6.45) is 4.35. The van der Waals surface area contributed by atoms with Crippen LogP contribution >= 0.6 is 0 Å². The number of carbonyl (C=O) groups is 1. The fourth-order valence-corrected chi connectivity index (χ4v) is 3.34. The molecule has 1 saturated carbocycles. The summed E-state index contributed by atoms with van der Waals surface area (Å²) in [6, 6.07) is 1.15. The van der Waals surface area contributed by atoms with Gasteiger partial charge in [0.1, 0.15) is 5.54 Å².